The van der Waals surface area contributed by atoms with Gasteiger partial charge < -0.3 is 19.9 Å². The van der Waals surface area contributed by atoms with E-state index >= 15 is 0 Å². The Morgan fingerprint density at radius 2 is 1.84 bits per heavy atom. The molecule has 1 atom stereocenters. The number of amides is 1. The van der Waals surface area contributed by atoms with Gasteiger partial charge in [-0.3, -0.25) is 9.59 Å². The molecule has 1 aliphatic carbocycles. The first-order valence-electron chi connectivity index (χ1n) is 8.76. The van der Waals surface area contributed by atoms with Crippen molar-refractivity contribution < 1.29 is 24.2 Å². The SMILES string of the molecule is COc1ccc(C(CC(=O)O)NC(=O)CC2CCCCC2)cc1OC. The average Bonchev–Trinajstić information content (AvgIpc) is 2.61. The molecule has 1 fully saturated rings. The van der Waals surface area contributed by atoms with E-state index < -0.39 is 12.0 Å². The minimum atomic E-state index is -0.960. The van der Waals surface area contributed by atoms with Gasteiger partial charge >= 0.3 is 5.97 Å². The maximum Gasteiger partial charge on any atom is 0.305 e. The van der Waals surface area contributed by atoms with Gasteiger partial charge in [0.1, 0.15) is 0 Å². The number of ether oxygens (including phenoxy) is 2. The smallest absolute Gasteiger partial charge is 0.305 e. The van der Waals surface area contributed by atoms with Crippen LogP contribution in [-0.2, 0) is 9.59 Å². The van der Waals surface area contributed by atoms with Crippen molar-refractivity contribution in [2.75, 3.05) is 14.2 Å². The molecule has 0 bridgehead atoms. The van der Waals surface area contributed by atoms with Crippen LogP contribution < -0.4 is 14.8 Å². The third-order valence-electron chi connectivity index (χ3n) is 4.72. The quantitative estimate of drug-likeness (QED) is 0.752. The van der Waals surface area contributed by atoms with Crippen molar-refractivity contribution in [3.8, 4) is 11.5 Å². The molecule has 1 aromatic rings. The predicted molar refractivity (Wildman–Crippen MR) is 93.9 cm³/mol. The van der Waals surface area contributed by atoms with Gasteiger partial charge in [0.15, 0.2) is 11.5 Å². The van der Waals surface area contributed by atoms with Crippen LogP contribution in [0.3, 0.4) is 0 Å². The largest absolute Gasteiger partial charge is 0.493 e. The second-order valence-corrected chi connectivity index (χ2v) is 6.54. The molecule has 0 radical (unpaired) electrons. The van der Waals surface area contributed by atoms with Gasteiger partial charge in [-0.25, -0.2) is 0 Å². The average molecular weight is 349 g/mol. The molecule has 0 spiro atoms. The van der Waals surface area contributed by atoms with Crippen LogP contribution in [-0.4, -0.2) is 31.2 Å². The Morgan fingerprint density at radius 1 is 1.16 bits per heavy atom. The molecule has 0 aliphatic heterocycles. The van der Waals surface area contributed by atoms with E-state index in [1.54, 1.807) is 18.2 Å². The van der Waals surface area contributed by atoms with Gasteiger partial charge in [0.2, 0.25) is 5.91 Å². The minimum absolute atomic E-state index is 0.0899. The molecule has 1 unspecified atom stereocenters. The van der Waals surface area contributed by atoms with Crippen LogP contribution in [0, 0.1) is 5.92 Å². The lowest BCUT2D eigenvalue weighted by Gasteiger charge is -2.23. The zero-order valence-corrected chi connectivity index (χ0v) is 14.9. The Balaban J connectivity index is 2.09. The maximum atomic E-state index is 12.4. The molecular formula is C19H27NO5. The van der Waals surface area contributed by atoms with E-state index in [0.717, 1.165) is 12.8 Å². The Morgan fingerprint density at radius 3 is 2.44 bits per heavy atom. The number of carboxylic acid groups (broad SMARTS) is 1. The van der Waals surface area contributed by atoms with Gasteiger partial charge in [-0.1, -0.05) is 25.3 Å². The lowest BCUT2D eigenvalue weighted by Crippen LogP contribution is -2.31. The zero-order valence-electron chi connectivity index (χ0n) is 14.9. The van der Waals surface area contributed by atoms with E-state index in [1.807, 2.05) is 0 Å². The first-order valence-corrected chi connectivity index (χ1v) is 8.76. The molecule has 0 saturated heterocycles. The van der Waals surface area contributed by atoms with Crippen molar-refractivity contribution in [1.82, 2.24) is 5.32 Å². The standard InChI is InChI=1S/C19H27NO5/c1-24-16-9-8-14(11-17(16)25-2)15(12-19(22)23)20-18(21)10-13-6-4-3-5-7-13/h8-9,11,13,15H,3-7,10,12H2,1-2H3,(H,20,21)(H,22,23). The zero-order chi connectivity index (χ0) is 18.2. The number of nitrogens with one attached hydrogen (secondary N) is 1. The van der Waals surface area contributed by atoms with Crippen molar-refractivity contribution >= 4 is 11.9 Å². The number of aliphatic carboxylic acids is 1. The molecular weight excluding hydrogens is 322 g/mol. The molecule has 138 valence electrons. The van der Waals surface area contributed by atoms with Crippen LogP contribution in [0.4, 0.5) is 0 Å². The topological polar surface area (TPSA) is 84.9 Å². The molecule has 1 aromatic carbocycles. The van der Waals surface area contributed by atoms with Crippen LogP contribution in [0.2, 0.25) is 0 Å². The lowest BCUT2D eigenvalue weighted by molar-refractivity contribution is -0.137. The van der Waals surface area contributed by atoms with Crippen molar-refractivity contribution in [3.05, 3.63) is 23.8 Å². The van der Waals surface area contributed by atoms with Crippen molar-refractivity contribution in [2.24, 2.45) is 5.92 Å². The highest BCUT2D eigenvalue weighted by atomic mass is 16.5. The van der Waals surface area contributed by atoms with Gasteiger partial charge in [0.05, 0.1) is 26.7 Å². The van der Waals surface area contributed by atoms with Crippen LogP contribution in [0.25, 0.3) is 0 Å². The number of hydrogen-bond acceptors (Lipinski definition) is 4. The number of methoxy groups -OCH3 is 2. The van der Waals surface area contributed by atoms with Crippen LogP contribution >= 0.6 is 0 Å². The van der Waals surface area contributed by atoms with Gasteiger partial charge in [0, 0.05) is 6.42 Å². The summed E-state index contributed by atoms with van der Waals surface area (Å²) >= 11 is 0. The molecule has 25 heavy (non-hydrogen) atoms. The summed E-state index contributed by atoms with van der Waals surface area (Å²) in [6.07, 6.45) is 6.03. The Labute approximate surface area is 148 Å². The van der Waals surface area contributed by atoms with Crippen molar-refractivity contribution in [1.29, 1.82) is 0 Å². The number of rotatable bonds is 8. The monoisotopic (exact) mass is 349 g/mol. The van der Waals surface area contributed by atoms with Gasteiger partial charge in [-0.2, -0.15) is 0 Å². The summed E-state index contributed by atoms with van der Waals surface area (Å²) in [4.78, 5) is 23.6. The lowest BCUT2D eigenvalue weighted by atomic mass is 9.86. The fourth-order valence-electron chi connectivity index (χ4n) is 3.40. The van der Waals surface area contributed by atoms with Crippen molar-refractivity contribution in [2.45, 2.75) is 51.0 Å². The summed E-state index contributed by atoms with van der Waals surface area (Å²) in [7, 11) is 3.06. The third kappa shape index (κ3) is 5.66. The summed E-state index contributed by atoms with van der Waals surface area (Å²) in [5, 5.41) is 12.1. The minimum Gasteiger partial charge on any atom is -0.493 e. The molecule has 0 aromatic heterocycles. The number of benzene rings is 1. The number of carbonyl (C=O) groups excluding carboxylic acids is 1. The first-order chi connectivity index (χ1) is 12.0. The van der Waals surface area contributed by atoms with Gasteiger partial charge in [-0.05, 0) is 36.5 Å². The van der Waals surface area contributed by atoms with E-state index in [0.29, 0.717) is 29.4 Å². The van der Waals surface area contributed by atoms with E-state index in [-0.39, 0.29) is 12.3 Å². The Hall–Kier alpha value is -2.24. The molecule has 0 heterocycles. The molecule has 6 heteroatoms. The Bertz CT molecular complexity index is 595. The fourth-order valence-corrected chi connectivity index (χ4v) is 3.40. The van der Waals surface area contributed by atoms with E-state index in [9.17, 15) is 14.7 Å². The second kappa shape index (κ2) is 9.30. The number of carboxylic acids is 1. The summed E-state index contributed by atoms with van der Waals surface area (Å²) in [5.74, 6) is 0.432. The fraction of sp³-hybridized carbons (Fsp3) is 0.579. The second-order valence-electron chi connectivity index (χ2n) is 6.54. The molecule has 2 rings (SSSR count). The van der Waals surface area contributed by atoms with E-state index in [2.05, 4.69) is 5.32 Å². The highest BCUT2D eigenvalue weighted by molar-refractivity contribution is 5.78. The predicted octanol–water partition coefficient (Wildman–Crippen LogP) is 3.31. The third-order valence-corrected chi connectivity index (χ3v) is 4.72. The van der Waals surface area contributed by atoms with Crippen LogP contribution in [0.5, 0.6) is 11.5 Å². The maximum absolute atomic E-state index is 12.4. The normalized spacial score (nSPS) is 16.1. The van der Waals surface area contributed by atoms with Gasteiger partial charge in [-0.15, -0.1) is 0 Å². The molecule has 1 amide bonds. The Kier molecular flexibility index (Phi) is 7.10. The highest BCUT2D eigenvalue weighted by Crippen LogP contribution is 2.31. The summed E-state index contributed by atoms with van der Waals surface area (Å²) in [6, 6.07) is 4.60. The first kappa shape index (κ1) is 19.1. The van der Waals surface area contributed by atoms with Crippen LogP contribution in [0.1, 0.15) is 56.6 Å². The van der Waals surface area contributed by atoms with Crippen LogP contribution in [0.15, 0.2) is 18.2 Å². The summed E-state index contributed by atoms with van der Waals surface area (Å²) in [5.41, 5.74) is 0.692. The number of carbonyl (C=O) groups is 2. The molecule has 1 aliphatic rings. The molecule has 2 N–H and O–H groups in total. The summed E-state index contributed by atoms with van der Waals surface area (Å²) in [6.45, 7) is 0. The van der Waals surface area contributed by atoms with E-state index in [1.165, 1.54) is 33.5 Å². The molecule has 1 saturated carbocycles. The van der Waals surface area contributed by atoms with E-state index in [4.69, 9.17) is 9.47 Å². The number of hydrogen-bond donors (Lipinski definition) is 2. The van der Waals surface area contributed by atoms with Crippen molar-refractivity contribution in [3.63, 3.8) is 0 Å². The highest BCUT2D eigenvalue weighted by Gasteiger charge is 2.22. The molecule has 6 nitrogen and oxygen atoms in total. The van der Waals surface area contributed by atoms with Gasteiger partial charge in [0.25, 0.3) is 0 Å². The summed E-state index contributed by atoms with van der Waals surface area (Å²) < 4.78 is 10.5.